The Morgan fingerprint density at radius 3 is 2.67 bits per heavy atom. The summed E-state index contributed by atoms with van der Waals surface area (Å²) in [7, 11) is 1.70. The molecule has 0 atom stereocenters. The Morgan fingerprint density at radius 2 is 2.14 bits per heavy atom. The van der Waals surface area contributed by atoms with Crippen LogP contribution >= 0.6 is 0 Å². The van der Waals surface area contributed by atoms with E-state index in [0.717, 1.165) is 17.7 Å². The fourth-order valence-electron chi connectivity index (χ4n) is 2.29. The van der Waals surface area contributed by atoms with Gasteiger partial charge < -0.3 is 9.84 Å². The topological polar surface area (TPSA) is 99.0 Å². The fourth-order valence-corrected chi connectivity index (χ4v) is 2.29. The van der Waals surface area contributed by atoms with Crippen LogP contribution in [-0.2, 0) is 20.0 Å². The average molecular weight is 293 g/mol. The van der Waals surface area contributed by atoms with Crippen molar-refractivity contribution < 1.29 is 9.45 Å². The Bertz CT molecular complexity index is 640. The molecule has 0 fully saturated rings. The number of aromatic nitrogens is 3. The van der Waals surface area contributed by atoms with E-state index in [-0.39, 0.29) is 10.6 Å². The lowest BCUT2D eigenvalue weighted by Crippen LogP contribution is -2.07. The van der Waals surface area contributed by atoms with Crippen molar-refractivity contribution in [2.75, 3.05) is 5.32 Å². The summed E-state index contributed by atoms with van der Waals surface area (Å²) < 4.78 is 6.60. The zero-order valence-corrected chi connectivity index (χ0v) is 12.6. The second-order valence-electron chi connectivity index (χ2n) is 4.93. The molecule has 0 unspecified atom stereocenters. The first-order chi connectivity index (χ1) is 9.95. The summed E-state index contributed by atoms with van der Waals surface area (Å²) in [5.74, 6) is 1.11. The largest absolute Gasteiger partial charge is 0.361 e. The summed E-state index contributed by atoms with van der Waals surface area (Å²) in [6.07, 6.45) is 1.39. The maximum absolute atomic E-state index is 11.3. The number of aryl methyl sites for hydroxylation is 4. The third-order valence-corrected chi connectivity index (χ3v) is 3.38. The number of nitrogens with one attached hydrogen (secondary N) is 1. The molecule has 0 aliphatic carbocycles. The van der Waals surface area contributed by atoms with Gasteiger partial charge in [-0.15, -0.1) is 0 Å². The number of rotatable bonds is 6. The predicted molar refractivity (Wildman–Crippen MR) is 77.2 cm³/mol. The molecule has 0 aliphatic heterocycles. The molecule has 2 heterocycles. The number of nitro groups is 1. The zero-order chi connectivity index (χ0) is 15.6. The van der Waals surface area contributed by atoms with Crippen LogP contribution in [-0.4, -0.2) is 19.9 Å². The van der Waals surface area contributed by atoms with Gasteiger partial charge in [-0.2, -0.15) is 5.10 Å². The second-order valence-corrected chi connectivity index (χ2v) is 4.93. The molecular weight excluding hydrogens is 274 g/mol. The molecule has 0 spiro atoms. The third kappa shape index (κ3) is 2.88. The molecule has 0 radical (unpaired) electrons. The molecule has 0 aliphatic rings. The van der Waals surface area contributed by atoms with E-state index in [0.29, 0.717) is 30.2 Å². The molecule has 8 heteroatoms. The van der Waals surface area contributed by atoms with Crippen LogP contribution in [0, 0.1) is 24.0 Å². The number of hydrogen-bond acceptors (Lipinski definition) is 6. The van der Waals surface area contributed by atoms with E-state index in [1.807, 2.05) is 20.8 Å². The van der Waals surface area contributed by atoms with Crippen LogP contribution in [0.15, 0.2) is 4.52 Å². The standard InChI is InChI=1S/C13H19N5O3/c1-5-6-11-12(18(19)20)13(17(4)15-11)14-7-10-8(2)16-21-9(10)3/h14H,5-7H2,1-4H3. The maximum atomic E-state index is 11.3. The van der Waals surface area contributed by atoms with Gasteiger partial charge in [0.15, 0.2) is 0 Å². The molecule has 0 saturated heterocycles. The summed E-state index contributed by atoms with van der Waals surface area (Å²) >= 11 is 0. The van der Waals surface area contributed by atoms with E-state index in [4.69, 9.17) is 4.52 Å². The first-order valence-electron chi connectivity index (χ1n) is 6.81. The highest BCUT2D eigenvalue weighted by Gasteiger charge is 2.26. The second kappa shape index (κ2) is 5.94. The van der Waals surface area contributed by atoms with Crippen molar-refractivity contribution in [2.24, 2.45) is 7.05 Å². The molecule has 1 N–H and O–H groups in total. The normalized spacial score (nSPS) is 10.9. The Balaban J connectivity index is 2.29. The fraction of sp³-hybridized carbons (Fsp3) is 0.538. The molecule has 2 aromatic rings. The molecule has 21 heavy (non-hydrogen) atoms. The first-order valence-corrected chi connectivity index (χ1v) is 6.81. The van der Waals surface area contributed by atoms with Gasteiger partial charge in [0.25, 0.3) is 0 Å². The van der Waals surface area contributed by atoms with E-state index >= 15 is 0 Å². The van der Waals surface area contributed by atoms with Crippen molar-refractivity contribution in [1.82, 2.24) is 14.9 Å². The van der Waals surface area contributed by atoms with Crippen LogP contribution in [0.1, 0.15) is 36.1 Å². The summed E-state index contributed by atoms with van der Waals surface area (Å²) in [6, 6.07) is 0. The molecule has 2 rings (SSSR count). The Morgan fingerprint density at radius 1 is 1.43 bits per heavy atom. The third-order valence-electron chi connectivity index (χ3n) is 3.38. The Kier molecular flexibility index (Phi) is 4.25. The van der Waals surface area contributed by atoms with Gasteiger partial charge in [0.1, 0.15) is 11.5 Å². The van der Waals surface area contributed by atoms with Crippen molar-refractivity contribution >= 4 is 11.5 Å². The van der Waals surface area contributed by atoms with Gasteiger partial charge in [-0.3, -0.25) is 10.1 Å². The van der Waals surface area contributed by atoms with Gasteiger partial charge in [0.05, 0.1) is 10.6 Å². The van der Waals surface area contributed by atoms with E-state index in [1.54, 1.807) is 7.05 Å². The van der Waals surface area contributed by atoms with E-state index < -0.39 is 0 Å². The van der Waals surface area contributed by atoms with Crippen molar-refractivity contribution in [3.05, 3.63) is 32.8 Å². The highest BCUT2D eigenvalue weighted by Crippen LogP contribution is 2.29. The van der Waals surface area contributed by atoms with Gasteiger partial charge in [0, 0.05) is 19.2 Å². The quantitative estimate of drug-likeness (QED) is 0.649. The lowest BCUT2D eigenvalue weighted by Gasteiger charge is -2.05. The first kappa shape index (κ1) is 15.0. The molecule has 114 valence electrons. The minimum absolute atomic E-state index is 0.0473. The summed E-state index contributed by atoms with van der Waals surface area (Å²) in [4.78, 5) is 10.9. The van der Waals surface area contributed by atoms with Crippen molar-refractivity contribution in [3.63, 3.8) is 0 Å². The molecule has 0 bridgehead atoms. The van der Waals surface area contributed by atoms with Crippen LogP contribution in [0.25, 0.3) is 0 Å². The van der Waals surface area contributed by atoms with Crippen LogP contribution in [0.4, 0.5) is 11.5 Å². The van der Waals surface area contributed by atoms with E-state index in [2.05, 4.69) is 15.6 Å². The molecule has 0 saturated carbocycles. The SMILES string of the molecule is CCCc1nn(C)c(NCc2c(C)noc2C)c1[N+](=O)[O-]. The van der Waals surface area contributed by atoms with Crippen LogP contribution < -0.4 is 5.32 Å². The average Bonchev–Trinajstić information content (AvgIpc) is 2.89. The summed E-state index contributed by atoms with van der Waals surface area (Å²) in [5.41, 5.74) is 2.23. The van der Waals surface area contributed by atoms with Crippen LogP contribution in [0.3, 0.4) is 0 Å². The van der Waals surface area contributed by atoms with Gasteiger partial charge in [-0.1, -0.05) is 18.5 Å². The number of hydrogen-bond donors (Lipinski definition) is 1. The summed E-state index contributed by atoms with van der Waals surface area (Å²) in [6.45, 7) is 6.04. The van der Waals surface area contributed by atoms with Gasteiger partial charge >= 0.3 is 5.69 Å². The molecule has 0 aromatic carbocycles. The number of anilines is 1. The number of nitrogens with zero attached hydrogens (tertiary/aromatic N) is 4. The molecular formula is C13H19N5O3. The van der Waals surface area contributed by atoms with Gasteiger partial charge in [-0.25, -0.2) is 4.68 Å². The van der Waals surface area contributed by atoms with Gasteiger partial charge in [0.2, 0.25) is 5.82 Å². The zero-order valence-electron chi connectivity index (χ0n) is 12.6. The lowest BCUT2D eigenvalue weighted by atomic mass is 10.2. The minimum atomic E-state index is -0.381. The Hall–Kier alpha value is -2.38. The van der Waals surface area contributed by atoms with Crippen LogP contribution in [0.2, 0.25) is 0 Å². The highest BCUT2D eigenvalue weighted by molar-refractivity contribution is 5.60. The lowest BCUT2D eigenvalue weighted by molar-refractivity contribution is -0.384. The molecule has 0 amide bonds. The van der Waals surface area contributed by atoms with Crippen LogP contribution in [0.5, 0.6) is 0 Å². The van der Waals surface area contributed by atoms with Crippen molar-refractivity contribution in [1.29, 1.82) is 0 Å². The minimum Gasteiger partial charge on any atom is -0.361 e. The molecule has 2 aromatic heterocycles. The monoisotopic (exact) mass is 293 g/mol. The van der Waals surface area contributed by atoms with E-state index in [9.17, 15) is 10.1 Å². The predicted octanol–water partition coefficient (Wildman–Crippen LogP) is 2.50. The Labute approximate surface area is 122 Å². The smallest absolute Gasteiger partial charge is 0.334 e. The van der Waals surface area contributed by atoms with Crippen molar-refractivity contribution in [2.45, 2.75) is 40.2 Å². The highest BCUT2D eigenvalue weighted by atomic mass is 16.6. The maximum Gasteiger partial charge on any atom is 0.334 e. The van der Waals surface area contributed by atoms with Gasteiger partial charge in [-0.05, 0) is 20.3 Å². The van der Waals surface area contributed by atoms with E-state index in [1.165, 1.54) is 4.68 Å². The summed E-state index contributed by atoms with van der Waals surface area (Å²) in [5, 5.41) is 22.5. The van der Waals surface area contributed by atoms with Crippen molar-refractivity contribution in [3.8, 4) is 0 Å². The molecule has 8 nitrogen and oxygen atoms in total.